The van der Waals surface area contributed by atoms with Crippen molar-refractivity contribution >= 4 is 11.9 Å². The Morgan fingerprint density at radius 1 is 0.552 bits per heavy atom. The average Bonchev–Trinajstić information content (AvgIpc) is 2.68. The molecule has 0 spiro atoms. The van der Waals surface area contributed by atoms with E-state index in [9.17, 15) is 9.59 Å². The summed E-state index contributed by atoms with van der Waals surface area (Å²) < 4.78 is 0. The van der Waals surface area contributed by atoms with Crippen LogP contribution in [0.5, 0.6) is 0 Å². The van der Waals surface area contributed by atoms with Crippen LogP contribution in [0.4, 0.5) is 0 Å². The SMILES string of the molecule is CC/C=C/CCCCCCCC(=O)O.CCC/C=C/CCCCCCCC(=O)O. The zero-order valence-electron chi connectivity index (χ0n) is 19.0. The molecule has 0 amide bonds. The molecule has 0 aliphatic carbocycles. The molecule has 0 aromatic heterocycles. The van der Waals surface area contributed by atoms with Gasteiger partial charge in [0, 0.05) is 12.8 Å². The molecule has 0 aromatic carbocycles. The van der Waals surface area contributed by atoms with Gasteiger partial charge in [-0.15, -0.1) is 0 Å². The molecule has 4 heteroatoms. The minimum Gasteiger partial charge on any atom is -0.481 e. The molecule has 2 N–H and O–H groups in total. The van der Waals surface area contributed by atoms with Crippen LogP contribution in [-0.4, -0.2) is 22.2 Å². The van der Waals surface area contributed by atoms with Gasteiger partial charge in [-0.2, -0.15) is 0 Å². The third-order valence-electron chi connectivity index (χ3n) is 4.55. The minimum atomic E-state index is -0.670. The van der Waals surface area contributed by atoms with Crippen LogP contribution in [0.1, 0.15) is 123 Å². The number of aliphatic carboxylic acids is 2. The van der Waals surface area contributed by atoms with Crippen LogP contribution in [-0.2, 0) is 9.59 Å². The maximum Gasteiger partial charge on any atom is 0.303 e. The van der Waals surface area contributed by atoms with Gasteiger partial charge in [-0.25, -0.2) is 0 Å². The van der Waals surface area contributed by atoms with Gasteiger partial charge in [-0.3, -0.25) is 9.59 Å². The van der Waals surface area contributed by atoms with Crippen LogP contribution in [0.25, 0.3) is 0 Å². The van der Waals surface area contributed by atoms with Gasteiger partial charge in [0.05, 0.1) is 0 Å². The minimum absolute atomic E-state index is 0.329. The zero-order chi connectivity index (χ0) is 22.0. The van der Waals surface area contributed by atoms with E-state index in [0.29, 0.717) is 12.8 Å². The average molecular weight is 411 g/mol. The number of carboxylic acids is 2. The molecular weight excluding hydrogens is 364 g/mol. The summed E-state index contributed by atoms with van der Waals surface area (Å²) in [7, 11) is 0. The summed E-state index contributed by atoms with van der Waals surface area (Å²) >= 11 is 0. The first-order valence-electron chi connectivity index (χ1n) is 11.8. The van der Waals surface area contributed by atoms with E-state index in [1.807, 2.05) is 0 Å². The van der Waals surface area contributed by atoms with Crippen molar-refractivity contribution in [3.05, 3.63) is 24.3 Å². The van der Waals surface area contributed by atoms with E-state index >= 15 is 0 Å². The van der Waals surface area contributed by atoms with Crippen LogP contribution in [0.2, 0.25) is 0 Å². The van der Waals surface area contributed by atoms with Crippen molar-refractivity contribution in [2.45, 2.75) is 123 Å². The summed E-state index contributed by atoms with van der Waals surface area (Å²) in [5.41, 5.74) is 0. The molecule has 0 aliphatic heterocycles. The number of carboxylic acid groups (broad SMARTS) is 2. The van der Waals surface area contributed by atoms with Gasteiger partial charge in [-0.1, -0.05) is 83.1 Å². The molecule has 170 valence electrons. The predicted octanol–water partition coefficient (Wildman–Crippen LogP) is 7.93. The van der Waals surface area contributed by atoms with Gasteiger partial charge in [0.2, 0.25) is 0 Å². The van der Waals surface area contributed by atoms with E-state index in [-0.39, 0.29) is 0 Å². The fraction of sp³-hybridized carbons (Fsp3) is 0.760. The van der Waals surface area contributed by atoms with Crippen molar-refractivity contribution in [2.75, 3.05) is 0 Å². The van der Waals surface area contributed by atoms with Crippen LogP contribution in [0, 0.1) is 0 Å². The summed E-state index contributed by atoms with van der Waals surface area (Å²) in [4.78, 5) is 20.4. The molecule has 4 nitrogen and oxygen atoms in total. The summed E-state index contributed by atoms with van der Waals surface area (Å²) in [5.74, 6) is -1.34. The fourth-order valence-electron chi connectivity index (χ4n) is 2.82. The van der Waals surface area contributed by atoms with Crippen molar-refractivity contribution in [3.63, 3.8) is 0 Å². The van der Waals surface area contributed by atoms with Gasteiger partial charge in [-0.05, 0) is 51.4 Å². The molecule has 0 radical (unpaired) electrons. The lowest BCUT2D eigenvalue weighted by atomic mass is 10.1. The van der Waals surface area contributed by atoms with Crippen molar-refractivity contribution in [3.8, 4) is 0 Å². The van der Waals surface area contributed by atoms with E-state index < -0.39 is 11.9 Å². The van der Waals surface area contributed by atoms with Gasteiger partial charge < -0.3 is 10.2 Å². The second-order valence-corrected chi connectivity index (χ2v) is 7.54. The monoisotopic (exact) mass is 410 g/mol. The van der Waals surface area contributed by atoms with Gasteiger partial charge >= 0.3 is 11.9 Å². The summed E-state index contributed by atoms with van der Waals surface area (Å²) in [5, 5.41) is 16.8. The highest BCUT2D eigenvalue weighted by atomic mass is 16.4. The van der Waals surface area contributed by atoms with Crippen molar-refractivity contribution in [1.29, 1.82) is 0 Å². The molecule has 0 aromatic rings. The Morgan fingerprint density at radius 3 is 1.34 bits per heavy atom. The maximum atomic E-state index is 10.2. The molecule has 0 aliphatic rings. The number of rotatable bonds is 19. The highest BCUT2D eigenvalue weighted by Crippen LogP contribution is 2.08. The Balaban J connectivity index is 0. The standard InChI is InChI=1S/C13H24O2.C12H22O2/c1-2-3-4-5-6-7-8-9-10-11-12-13(14)15;1-2-3-4-5-6-7-8-9-10-11-12(13)14/h4-5H,2-3,6-12H2,1H3,(H,14,15);3-4H,2,5-11H2,1H3,(H,13,14)/b5-4+;4-3+. The lowest BCUT2D eigenvalue weighted by Crippen LogP contribution is -1.93. The molecule has 0 atom stereocenters. The van der Waals surface area contributed by atoms with E-state index in [1.54, 1.807) is 0 Å². The van der Waals surface area contributed by atoms with Crippen molar-refractivity contribution in [1.82, 2.24) is 0 Å². The number of unbranched alkanes of at least 4 members (excludes halogenated alkanes) is 11. The molecule has 0 fully saturated rings. The molecule has 0 bridgehead atoms. The predicted molar refractivity (Wildman–Crippen MR) is 123 cm³/mol. The molecule has 0 saturated carbocycles. The highest BCUT2D eigenvalue weighted by molar-refractivity contribution is 5.66. The highest BCUT2D eigenvalue weighted by Gasteiger charge is 1.96. The third kappa shape index (κ3) is 34.3. The fourth-order valence-corrected chi connectivity index (χ4v) is 2.82. The van der Waals surface area contributed by atoms with Crippen molar-refractivity contribution in [2.24, 2.45) is 0 Å². The van der Waals surface area contributed by atoms with E-state index in [2.05, 4.69) is 38.2 Å². The first-order chi connectivity index (χ1) is 14.0. The Hall–Kier alpha value is -1.58. The van der Waals surface area contributed by atoms with Crippen LogP contribution < -0.4 is 0 Å². The number of hydrogen-bond acceptors (Lipinski definition) is 2. The summed E-state index contributed by atoms with van der Waals surface area (Å²) in [6.45, 7) is 4.33. The number of allylic oxidation sites excluding steroid dienone is 4. The Kier molecular flexibility index (Phi) is 27.0. The molecule has 29 heavy (non-hydrogen) atoms. The lowest BCUT2D eigenvalue weighted by molar-refractivity contribution is -0.138. The normalized spacial score (nSPS) is 11.0. The first-order valence-corrected chi connectivity index (χ1v) is 11.8. The lowest BCUT2D eigenvalue weighted by Gasteiger charge is -1.98. The van der Waals surface area contributed by atoms with Crippen LogP contribution in [0.3, 0.4) is 0 Å². The van der Waals surface area contributed by atoms with Crippen LogP contribution in [0.15, 0.2) is 24.3 Å². The quantitative estimate of drug-likeness (QED) is 0.167. The number of hydrogen-bond donors (Lipinski definition) is 2. The maximum absolute atomic E-state index is 10.2. The molecule has 0 unspecified atom stereocenters. The smallest absolute Gasteiger partial charge is 0.303 e. The summed E-state index contributed by atoms with van der Waals surface area (Å²) in [6, 6.07) is 0. The molecule has 0 heterocycles. The second kappa shape index (κ2) is 26.4. The largest absolute Gasteiger partial charge is 0.481 e. The molecule has 0 rings (SSSR count). The zero-order valence-corrected chi connectivity index (χ0v) is 19.0. The van der Waals surface area contributed by atoms with Gasteiger partial charge in [0.25, 0.3) is 0 Å². The van der Waals surface area contributed by atoms with Crippen LogP contribution >= 0.6 is 0 Å². The number of carbonyl (C=O) groups is 2. The van der Waals surface area contributed by atoms with E-state index in [4.69, 9.17) is 10.2 Å². The molecular formula is C25H46O4. The van der Waals surface area contributed by atoms with E-state index in [0.717, 1.165) is 32.1 Å². The van der Waals surface area contributed by atoms with Crippen molar-refractivity contribution < 1.29 is 19.8 Å². The molecule has 0 saturated heterocycles. The Labute approximate surface area is 179 Å². The van der Waals surface area contributed by atoms with Gasteiger partial charge in [0.1, 0.15) is 0 Å². The Morgan fingerprint density at radius 2 is 0.931 bits per heavy atom. The van der Waals surface area contributed by atoms with Gasteiger partial charge in [0.15, 0.2) is 0 Å². The second-order valence-electron chi connectivity index (χ2n) is 7.54. The first kappa shape index (κ1) is 29.6. The summed E-state index contributed by atoms with van der Waals surface area (Å²) in [6.07, 6.45) is 26.6. The topological polar surface area (TPSA) is 74.6 Å². The Bertz CT molecular complexity index is 413. The van der Waals surface area contributed by atoms with E-state index in [1.165, 1.54) is 64.2 Å². The third-order valence-corrected chi connectivity index (χ3v) is 4.55.